The van der Waals surface area contributed by atoms with Gasteiger partial charge in [0.05, 0.1) is 10.7 Å². The highest BCUT2D eigenvalue weighted by Crippen LogP contribution is 2.44. The molecule has 0 fully saturated rings. The molecule has 0 aromatic heterocycles. The molecule has 2 aromatic carbocycles. The van der Waals surface area contributed by atoms with Gasteiger partial charge in [0.15, 0.2) is 0 Å². The quantitative estimate of drug-likeness (QED) is 0.745. The first-order chi connectivity index (χ1) is 9.16. The number of anilines is 1. The van der Waals surface area contributed by atoms with Crippen LogP contribution in [0.1, 0.15) is 24.0 Å². The molecule has 3 heteroatoms. The first kappa shape index (κ1) is 13.0. The number of rotatable bonds is 1. The second kappa shape index (κ2) is 5.18. The molecule has 1 aliphatic rings. The summed E-state index contributed by atoms with van der Waals surface area (Å²) in [4.78, 5) is 0. The van der Waals surface area contributed by atoms with Crippen LogP contribution in [-0.2, 0) is 0 Å². The van der Waals surface area contributed by atoms with Crippen molar-refractivity contribution in [3.63, 3.8) is 0 Å². The van der Waals surface area contributed by atoms with Crippen LogP contribution >= 0.6 is 27.5 Å². The Morgan fingerprint density at radius 3 is 2.68 bits per heavy atom. The average molecular weight is 337 g/mol. The predicted molar refractivity (Wildman–Crippen MR) is 85.1 cm³/mol. The number of nitrogens with one attached hydrogen (secondary N) is 1. The largest absolute Gasteiger partial charge is 0.383 e. The summed E-state index contributed by atoms with van der Waals surface area (Å²) in [6, 6.07) is 14.8. The van der Waals surface area contributed by atoms with Crippen LogP contribution in [-0.4, -0.2) is 6.54 Å². The van der Waals surface area contributed by atoms with Crippen molar-refractivity contribution in [2.45, 2.75) is 12.8 Å². The van der Waals surface area contributed by atoms with Gasteiger partial charge >= 0.3 is 0 Å². The minimum absolute atomic E-state index is 0.396. The molecule has 1 heterocycles. The number of fused-ring (bicyclic) bond motifs is 1. The summed E-state index contributed by atoms with van der Waals surface area (Å²) in [6.45, 7) is 3.23. The fraction of sp³-hybridized carbons (Fsp3) is 0.250. The highest BCUT2D eigenvalue weighted by molar-refractivity contribution is 9.10. The van der Waals surface area contributed by atoms with Crippen molar-refractivity contribution < 1.29 is 0 Å². The van der Waals surface area contributed by atoms with Crippen molar-refractivity contribution in [3.05, 3.63) is 63.1 Å². The van der Waals surface area contributed by atoms with Crippen molar-refractivity contribution in [3.8, 4) is 0 Å². The maximum Gasteiger partial charge on any atom is 0.0651 e. The third-order valence-corrected chi connectivity index (χ3v) is 4.51. The van der Waals surface area contributed by atoms with E-state index in [9.17, 15) is 0 Å². The van der Waals surface area contributed by atoms with Gasteiger partial charge in [-0.3, -0.25) is 0 Å². The monoisotopic (exact) mass is 335 g/mol. The Bertz CT molecular complexity index is 597. The summed E-state index contributed by atoms with van der Waals surface area (Å²) in [6.07, 6.45) is 0. The third-order valence-electron chi connectivity index (χ3n) is 3.75. The Hall–Kier alpha value is -0.990. The van der Waals surface area contributed by atoms with Crippen molar-refractivity contribution in [2.24, 2.45) is 5.92 Å². The van der Waals surface area contributed by atoms with E-state index in [2.05, 4.69) is 64.6 Å². The molecule has 1 nitrogen and oxygen atoms in total. The van der Waals surface area contributed by atoms with E-state index in [1.54, 1.807) is 0 Å². The molecule has 0 aliphatic carbocycles. The van der Waals surface area contributed by atoms with E-state index in [-0.39, 0.29) is 0 Å². The SMILES string of the molecule is CC1CNc2c(Cl)cc(Br)cc2C1c1ccccc1. The average Bonchev–Trinajstić information content (AvgIpc) is 2.39. The molecule has 0 radical (unpaired) electrons. The van der Waals surface area contributed by atoms with Gasteiger partial charge in [0, 0.05) is 16.9 Å². The van der Waals surface area contributed by atoms with Crippen LogP contribution in [0.4, 0.5) is 5.69 Å². The van der Waals surface area contributed by atoms with E-state index in [0.717, 1.165) is 21.7 Å². The lowest BCUT2D eigenvalue weighted by Gasteiger charge is -2.33. The van der Waals surface area contributed by atoms with E-state index in [1.807, 2.05) is 6.07 Å². The molecule has 2 aromatic rings. The highest BCUT2D eigenvalue weighted by Gasteiger charge is 2.29. The van der Waals surface area contributed by atoms with Gasteiger partial charge in [0.1, 0.15) is 0 Å². The summed E-state index contributed by atoms with van der Waals surface area (Å²) in [5, 5.41) is 4.24. The zero-order valence-corrected chi connectivity index (χ0v) is 13.0. The van der Waals surface area contributed by atoms with Crippen LogP contribution in [0.25, 0.3) is 0 Å². The van der Waals surface area contributed by atoms with Gasteiger partial charge in [-0.1, -0.05) is 64.8 Å². The summed E-state index contributed by atoms with van der Waals surface area (Å²) in [5.41, 5.74) is 3.72. The normalized spacial score (nSPS) is 21.6. The van der Waals surface area contributed by atoms with Crippen LogP contribution in [0.3, 0.4) is 0 Å². The predicted octanol–water partition coefficient (Wildman–Crippen LogP) is 5.30. The fourth-order valence-corrected chi connectivity index (χ4v) is 3.78. The highest BCUT2D eigenvalue weighted by atomic mass is 79.9. The maximum atomic E-state index is 6.36. The van der Waals surface area contributed by atoms with Gasteiger partial charge in [-0.05, 0) is 29.2 Å². The first-order valence-corrected chi connectivity index (χ1v) is 7.61. The fourth-order valence-electron chi connectivity index (χ4n) is 2.88. The van der Waals surface area contributed by atoms with E-state index in [0.29, 0.717) is 11.8 Å². The first-order valence-electron chi connectivity index (χ1n) is 6.44. The number of hydrogen-bond donors (Lipinski definition) is 1. The van der Waals surface area contributed by atoms with Gasteiger partial charge < -0.3 is 5.32 Å². The van der Waals surface area contributed by atoms with E-state index >= 15 is 0 Å². The molecule has 1 N–H and O–H groups in total. The summed E-state index contributed by atoms with van der Waals surface area (Å²) in [7, 11) is 0. The van der Waals surface area contributed by atoms with Crippen LogP contribution in [0.5, 0.6) is 0 Å². The lowest BCUT2D eigenvalue weighted by Crippen LogP contribution is -2.26. The van der Waals surface area contributed by atoms with Gasteiger partial charge in [-0.2, -0.15) is 0 Å². The summed E-state index contributed by atoms with van der Waals surface area (Å²) in [5.74, 6) is 0.938. The maximum absolute atomic E-state index is 6.36. The second-order valence-electron chi connectivity index (χ2n) is 5.10. The lowest BCUT2D eigenvalue weighted by atomic mass is 9.78. The van der Waals surface area contributed by atoms with Crippen LogP contribution in [0.15, 0.2) is 46.9 Å². The molecule has 98 valence electrons. The molecule has 0 saturated carbocycles. The lowest BCUT2D eigenvalue weighted by molar-refractivity contribution is 0.522. The second-order valence-corrected chi connectivity index (χ2v) is 6.42. The molecule has 19 heavy (non-hydrogen) atoms. The van der Waals surface area contributed by atoms with E-state index < -0.39 is 0 Å². The van der Waals surface area contributed by atoms with Crippen molar-refractivity contribution >= 4 is 33.2 Å². The Morgan fingerprint density at radius 1 is 1.21 bits per heavy atom. The Balaban J connectivity index is 2.17. The Labute approximate surface area is 127 Å². The minimum atomic E-state index is 0.396. The number of hydrogen-bond acceptors (Lipinski definition) is 1. The van der Waals surface area contributed by atoms with Crippen molar-refractivity contribution in [2.75, 3.05) is 11.9 Å². The molecule has 2 unspecified atom stereocenters. The third kappa shape index (κ3) is 2.39. The Morgan fingerprint density at radius 2 is 1.95 bits per heavy atom. The zero-order valence-electron chi connectivity index (χ0n) is 10.7. The Kier molecular flexibility index (Phi) is 3.55. The standard InChI is InChI=1S/C16H15BrClN/c1-10-9-19-16-13(7-12(17)8-14(16)18)15(10)11-5-3-2-4-6-11/h2-8,10,15,19H,9H2,1H3. The molecule has 0 amide bonds. The van der Waals surface area contributed by atoms with Gasteiger partial charge in [-0.15, -0.1) is 0 Å². The molecule has 0 spiro atoms. The molecule has 0 saturated heterocycles. The summed E-state index contributed by atoms with van der Waals surface area (Å²) < 4.78 is 1.04. The zero-order chi connectivity index (χ0) is 13.4. The number of benzene rings is 2. The van der Waals surface area contributed by atoms with E-state index in [4.69, 9.17) is 11.6 Å². The molecule has 0 bridgehead atoms. The van der Waals surface area contributed by atoms with Gasteiger partial charge in [-0.25, -0.2) is 0 Å². The molecular weight excluding hydrogens is 322 g/mol. The smallest absolute Gasteiger partial charge is 0.0651 e. The molecular formula is C16H15BrClN. The van der Waals surface area contributed by atoms with Crippen molar-refractivity contribution in [1.29, 1.82) is 0 Å². The van der Waals surface area contributed by atoms with Crippen LogP contribution in [0, 0.1) is 5.92 Å². The van der Waals surface area contributed by atoms with E-state index in [1.165, 1.54) is 11.1 Å². The van der Waals surface area contributed by atoms with Gasteiger partial charge in [0.2, 0.25) is 0 Å². The van der Waals surface area contributed by atoms with Crippen LogP contribution in [0.2, 0.25) is 5.02 Å². The summed E-state index contributed by atoms with van der Waals surface area (Å²) >= 11 is 9.90. The molecule has 2 atom stereocenters. The van der Waals surface area contributed by atoms with Crippen molar-refractivity contribution in [1.82, 2.24) is 0 Å². The number of halogens is 2. The molecule has 1 aliphatic heterocycles. The molecule has 3 rings (SSSR count). The minimum Gasteiger partial charge on any atom is -0.383 e. The topological polar surface area (TPSA) is 12.0 Å². The van der Waals surface area contributed by atoms with Crippen LogP contribution < -0.4 is 5.32 Å². The van der Waals surface area contributed by atoms with Gasteiger partial charge in [0.25, 0.3) is 0 Å².